The second kappa shape index (κ2) is 3.39. The second-order valence-corrected chi connectivity index (χ2v) is 3.08. The van der Waals surface area contributed by atoms with Gasteiger partial charge in [0, 0.05) is 18.8 Å². The lowest BCUT2D eigenvalue weighted by Gasteiger charge is -1.99. The van der Waals surface area contributed by atoms with E-state index in [0.29, 0.717) is 0 Å². The van der Waals surface area contributed by atoms with Gasteiger partial charge in [0.05, 0.1) is 5.82 Å². The Bertz CT molecular complexity index is 305. The standard InChI is InChI=1S/C10H13N3/c11-9-3-1-8(2-4-9)7-10-12-5-6-13-10/h1-4,7,12-13H,5-6,11H2. The SMILES string of the molecule is Nc1ccc(C=C2NCCN2)cc1. The number of rotatable bonds is 1. The first-order valence-corrected chi connectivity index (χ1v) is 4.39. The average molecular weight is 175 g/mol. The molecular weight excluding hydrogens is 162 g/mol. The van der Waals surface area contributed by atoms with Gasteiger partial charge in [0.1, 0.15) is 0 Å². The van der Waals surface area contributed by atoms with Crippen LogP contribution in [0.15, 0.2) is 30.1 Å². The van der Waals surface area contributed by atoms with Crippen LogP contribution in [-0.4, -0.2) is 13.1 Å². The monoisotopic (exact) mass is 175 g/mol. The molecule has 1 fully saturated rings. The van der Waals surface area contributed by atoms with Gasteiger partial charge in [-0.3, -0.25) is 0 Å². The van der Waals surface area contributed by atoms with Crippen molar-refractivity contribution in [2.75, 3.05) is 18.8 Å². The summed E-state index contributed by atoms with van der Waals surface area (Å²) in [6.45, 7) is 2.00. The molecule has 1 saturated heterocycles. The van der Waals surface area contributed by atoms with Crippen LogP contribution in [0.5, 0.6) is 0 Å². The Morgan fingerprint density at radius 2 is 1.69 bits per heavy atom. The Morgan fingerprint density at radius 3 is 2.31 bits per heavy atom. The Balaban J connectivity index is 2.17. The zero-order valence-corrected chi connectivity index (χ0v) is 7.38. The summed E-state index contributed by atoms with van der Waals surface area (Å²) < 4.78 is 0. The van der Waals surface area contributed by atoms with Gasteiger partial charge in [-0.05, 0) is 23.8 Å². The Labute approximate surface area is 77.6 Å². The average Bonchev–Trinajstić information content (AvgIpc) is 2.62. The molecule has 0 aliphatic carbocycles. The molecule has 0 amide bonds. The Kier molecular flexibility index (Phi) is 2.08. The van der Waals surface area contributed by atoms with Crippen LogP contribution in [0.2, 0.25) is 0 Å². The van der Waals surface area contributed by atoms with E-state index in [1.165, 1.54) is 0 Å². The molecule has 3 nitrogen and oxygen atoms in total. The largest absolute Gasteiger partial charge is 0.399 e. The first-order chi connectivity index (χ1) is 6.34. The van der Waals surface area contributed by atoms with Gasteiger partial charge in [-0.1, -0.05) is 12.1 Å². The summed E-state index contributed by atoms with van der Waals surface area (Å²) in [4.78, 5) is 0. The molecule has 1 aromatic rings. The molecular formula is C10H13N3. The van der Waals surface area contributed by atoms with Crippen molar-refractivity contribution in [3.05, 3.63) is 35.6 Å². The van der Waals surface area contributed by atoms with Crippen molar-refractivity contribution in [1.29, 1.82) is 0 Å². The zero-order valence-electron chi connectivity index (χ0n) is 7.38. The molecule has 4 N–H and O–H groups in total. The van der Waals surface area contributed by atoms with E-state index in [0.717, 1.165) is 30.2 Å². The van der Waals surface area contributed by atoms with Crippen LogP contribution < -0.4 is 16.4 Å². The van der Waals surface area contributed by atoms with Crippen LogP contribution >= 0.6 is 0 Å². The molecule has 13 heavy (non-hydrogen) atoms. The molecule has 68 valence electrons. The van der Waals surface area contributed by atoms with Gasteiger partial charge in [0.2, 0.25) is 0 Å². The highest BCUT2D eigenvalue weighted by Gasteiger charge is 2.02. The minimum atomic E-state index is 0.800. The molecule has 0 bridgehead atoms. The van der Waals surface area contributed by atoms with E-state index < -0.39 is 0 Å². The highest BCUT2D eigenvalue weighted by molar-refractivity contribution is 5.55. The van der Waals surface area contributed by atoms with Crippen molar-refractivity contribution in [2.24, 2.45) is 0 Å². The molecule has 0 radical (unpaired) electrons. The molecule has 0 saturated carbocycles. The fourth-order valence-corrected chi connectivity index (χ4v) is 1.32. The maximum Gasteiger partial charge on any atom is 0.0993 e. The quantitative estimate of drug-likeness (QED) is 0.552. The van der Waals surface area contributed by atoms with Crippen molar-refractivity contribution in [3.8, 4) is 0 Å². The number of nitrogens with one attached hydrogen (secondary N) is 2. The molecule has 0 spiro atoms. The predicted octanol–water partition coefficient (Wildman–Crippen LogP) is 0.760. The highest BCUT2D eigenvalue weighted by Crippen LogP contribution is 2.08. The number of hydrogen-bond acceptors (Lipinski definition) is 3. The van der Waals surface area contributed by atoms with Crippen LogP contribution in [0.25, 0.3) is 6.08 Å². The van der Waals surface area contributed by atoms with E-state index in [2.05, 4.69) is 16.7 Å². The third-order valence-electron chi connectivity index (χ3n) is 2.00. The summed E-state index contributed by atoms with van der Waals surface area (Å²) in [5.41, 5.74) is 7.54. The fraction of sp³-hybridized carbons (Fsp3) is 0.200. The molecule has 1 aliphatic heterocycles. The van der Waals surface area contributed by atoms with E-state index in [1.54, 1.807) is 0 Å². The van der Waals surface area contributed by atoms with Crippen molar-refractivity contribution >= 4 is 11.8 Å². The Morgan fingerprint density at radius 1 is 1.08 bits per heavy atom. The van der Waals surface area contributed by atoms with E-state index in [-0.39, 0.29) is 0 Å². The lowest BCUT2D eigenvalue weighted by molar-refractivity contribution is 0.942. The first-order valence-electron chi connectivity index (χ1n) is 4.39. The van der Waals surface area contributed by atoms with Crippen molar-refractivity contribution in [3.63, 3.8) is 0 Å². The summed E-state index contributed by atoms with van der Waals surface area (Å²) in [6, 6.07) is 7.82. The molecule has 1 aromatic carbocycles. The third kappa shape index (κ3) is 1.93. The van der Waals surface area contributed by atoms with E-state index in [1.807, 2.05) is 24.3 Å². The molecule has 0 unspecified atom stereocenters. The topological polar surface area (TPSA) is 50.1 Å². The van der Waals surface area contributed by atoms with Gasteiger partial charge >= 0.3 is 0 Å². The number of anilines is 1. The first kappa shape index (κ1) is 7.98. The lowest BCUT2D eigenvalue weighted by Crippen LogP contribution is -2.09. The van der Waals surface area contributed by atoms with E-state index >= 15 is 0 Å². The van der Waals surface area contributed by atoms with Crippen molar-refractivity contribution < 1.29 is 0 Å². The maximum absolute atomic E-state index is 5.58. The second-order valence-electron chi connectivity index (χ2n) is 3.08. The summed E-state index contributed by atoms with van der Waals surface area (Å²) in [6.07, 6.45) is 2.08. The molecule has 0 atom stereocenters. The van der Waals surface area contributed by atoms with Crippen LogP contribution in [0, 0.1) is 0 Å². The predicted molar refractivity (Wildman–Crippen MR) is 54.8 cm³/mol. The summed E-state index contributed by atoms with van der Waals surface area (Å²) in [7, 11) is 0. The van der Waals surface area contributed by atoms with Gasteiger partial charge in [-0.2, -0.15) is 0 Å². The molecule has 1 aliphatic rings. The van der Waals surface area contributed by atoms with Gasteiger partial charge in [0.25, 0.3) is 0 Å². The zero-order chi connectivity index (χ0) is 9.10. The van der Waals surface area contributed by atoms with E-state index in [4.69, 9.17) is 5.73 Å². The summed E-state index contributed by atoms with van der Waals surface area (Å²) in [5.74, 6) is 1.09. The number of benzene rings is 1. The minimum absolute atomic E-state index is 0.800. The van der Waals surface area contributed by atoms with Crippen molar-refractivity contribution in [1.82, 2.24) is 10.6 Å². The smallest absolute Gasteiger partial charge is 0.0993 e. The highest BCUT2D eigenvalue weighted by atomic mass is 15.2. The molecule has 2 rings (SSSR count). The van der Waals surface area contributed by atoms with Gasteiger partial charge in [0.15, 0.2) is 0 Å². The summed E-state index contributed by atoms with van der Waals surface area (Å²) >= 11 is 0. The van der Waals surface area contributed by atoms with E-state index in [9.17, 15) is 0 Å². The molecule has 0 aromatic heterocycles. The van der Waals surface area contributed by atoms with Crippen molar-refractivity contribution in [2.45, 2.75) is 0 Å². The minimum Gasteiger partial charge on any atom is -0.399 e. The Hall–Kier alpha value is -1.64. The number of hydrogen-bond donors (Lipinski definition) is 3. The number of nitrogen functional groups attached to an aromatic ring is 1. The molecule has 3 heteroatoms. The molecule has 1 heterocycles. The van der Waals surface area contributed by atoms with Crippen LogP contribution in [0.3, 0.4) is 0 Å². The van der Waals surface area contributed by atoms with Crippen LogP contribution in [-0.2, 0) is 0 Å². The number of nitrogens with two attached hydrogens (primary N) is 1. The normalized spacial score (nSPS) is 14.9. The van der Waals surface area contributed by atoms with Crippen LogP contribution in [0.4, 0.5) is 5.69 Å². The van der Waals surface area contributed by atoms with Gasteiger partial charge < -0.3 is 16.4 Å². The summed E-state index contributed by atoms with van der Waals surface area (Å²) in [5, 5.41) is 6.48. The van der Waals surface area contributed by atoms with Gasteiger partial charge in [-0.25, -0.2) is 0 Å². The van der Waals surface area contributed by atoms with Crippen LogP contribution in [0.1, 0.15) is 5.56 Å². The fourth-order valence-electron chi connectivity index (χ4n) is 1.32. The third-order valence-corrected chi connectivity index (χ3v) is 2.00. The lowest BCUT2D eigenvalue weighted by atomic mass is 10.2. The maximum atomic E-state index is 5.58. The van der Waals surface area contributed by atoms with Gasteiger partial charge in [-0.15, -0.1) is 0 Å².